The predicted octanol–water partition coefficient (Wildman–Crippen LogP) is 0.354. The van der Waals surface area contributed by atoms with Gasteiger partial charge in [0.15, 0.2) is 0 Å². The lowest BCUT2D eigenvalue weighted by molar-refractivity contribution is -0.112. The lowest BCUT2D eigenvalue weighted by Crippen LogP contribution is -2.30. The minimum atomic E-state index is -0.288. The van der Waals surface area contributed by atoms with E-state index in [4.69, 9.17) is 0 Å². The van der Waals surface area contributed by atoms with Gasteiger partial charge in [-0.05, 0) is 13.0 Å². The minimum Gasteiger partial charge on any atom is -0.311 e. The number of para-hydroxylation sites is 1. The van der Waals surface area contributed by atoms with Gasteiger partial charge in [-0.25, -0.2) is 4.98 Å². The maximum absolute atomic E-state index is 12.5. The van der Waals surface area contributed by atoms with E-state index in [-0.39, 0.29) is 11.5 Å². The molecule has 0 atom stereocenters. The Kier molecular flexibility index (Phi) is 2.32. The molecule has 0 saturated heterocycles. The number of likely N-dealkylation sites (N-methyl/N-ethyl adjacent to an activating group) is 1. The number of rotatable bonds is 0. The molecule has 6 nitrogen and oxygen atoms in total. The highest BCUT2D eigenvalue weighted by Crippen LogP contribution is 2.33. The first-order valence-electron chi connectivity index (χ1n) is 6.36. The standard InChI is InChI=1S/C14H10N4O2S/c1-7-15-14-18(16-7)13(20)11(21-14)10-8-5-3-4-6-9(8)17(2)12(10)19/h3-6H,1-2H3. The van der Waals surface area contributed by atoms with Crippen molar-refractivity contribution >= 4 is 33.5 Å². The monoisotopic (exact) mass is 298 g/mol. The maximum Gasteiger partial charge on any atom is 0.291 e. The normalized spacial score (nSPS) is 16.9. The van der Waals surface area contributed by atoms with Crippen LogP contribution in [0.2, 0.25) is 0 Å². The average molecular weight is 298 g/mol. The Hall–Kier alpha value is -2.54. The summed E-state index contributed by atoms with van der Waals surface area (Å²) in [5, 5.41) is 4.07. The fourth-order valence-corrected chi connectivity index (χ4v) is 3.62. The van der Waals surface area contributed by atoms with Crippen molar-refractivity contribution in [2.75, 3.05) is 11.9 Å². The number of aryl methyl sites for hydroxylation is 1. The van der Waals surface area contributed by atoms with E-state index in [2.05, 4.69) is 10.1 Å². The Labute approximate surface area is 123 Å². The summed E-state index contributed by atoms with van der Waals surface area (Å²) in [4.78, 5) is 31.2. The molecule has 0 unspecified atom stereocenters. The van der Waals surface area contributed by atoms with Crippen LogP contribution in [-0.2, 0) is 4.79 Å². The first-order valence-corrected chi connectivity index (χ1v) is 7.17. The van der Waals surface area contributed by atoms with Crippen LogP contribution in [0.1, 0.15) is 11.4 Å². The maximum atomic E-state index is 12.5. The van der Waals surface area contributed by atoms with E-state index < -0.39 is 0 Å². The zero-order valence-electron chi connectivity index (χ0n) is 11.3. The van der Waals surface area contributed by atoms with E-state index in [1.165, 1.54) is 15.9 Å². The van der Waals surface area contributed by atoms with Crippen molar-refractivity contribution in [1.82, 2.24) is 14.6 Å². The van der Waals surface area contributed by atoms with Crippen LogP contribution >= 0.6 is 11.3 Å². The van der Waals surface area contributed by atoms with Gasteiger partial charge in [0, 0.05) is 12.6 Å². The number of aromatic nitrogens is 3. The van der Waals surface area contributed by atoms with E-state index in [1.54, 1.807) is 18.9 Å². The fraction of sp³-hybridized carbons (Fsp3) is 0.143. The molecule has 3 heterocycles. The number of benzene rings is 1. The van der Waals surface area contributed by atoms with Crippen LogP contribution in [0.5, 0.6) is 0 Å². The summed E-state index contributed by atoms with van der Waals surface area (Å²) in [6.07, 6.45) is 0. The van der Waals surface area contributed by atoms with E-state index >= 15 is 0 Å². The van der Waals surface area contributed by atoms with Crippen LogP contribution in [0.15, 0.2) is 29.1 Å². The molecule has 0 saturated carbocycles. The Morgan fingerprint density at radius 1 is 1.19 bits per heavy atom. The zero-order valence-corrected chi connectivity index (χ0v) is 12.1. The van der Waals surface area contributed by atoms with Crippen molar-refractivity contribution in [2.24, 2.45) is 0 Å². The van der Waals surface area contributed by atoms with E-state index in [0.717, 1.165) is 11.3 Å². The van der Waals surface area contributed by atoms with Crippen LogP contribution in [0.3, 0.4) is 0 Å². The Balaban J connectivity index is 2.16. The van der Waals surface area contributed by atoms with Crippen LogP contribution in [0, 0.1) is 6.92 Å². The molecule has 1 amide bonds. The third-order valence-electron chi connectivity index (χ3n) is 3.54. The second-order valence-corrected chi connectivity index (χ2v) is 5.82. The molecule has 1 aliphatic heterocycles. The molecule has 0 aliphatic carbocycles. The molecule has 0 spiro atoms. The lowest BCUT2D eigenvalue weighted by Gasteiger charge is -2.07. The highest BCUT2D eigenvalue weighted by atomic mass is 32.1. The summed E-state index contributed by atoms with van der Waals surface area (Å²) >= 11 is 1.20. The molecule has 0 bridgehead atoms. The summed E-state index contributed by atoms with van der Waals surface area (Å²) in [6, 6.07) is 7.45. The van der Waals surface area contributed by atoms with Crippen molar-refractivity contribution < 1.29 is 4.79 Å². The second kappa shape index (κ2) is 3.98. The summed E-state index contributed by atoms with van der Waals surface area (Å²) in [5.41, 5.74) is 1.74. The first-order chi connectivity index (χ1) is 10.1. The first kappa shape index (κ1) is 12.2. The number of carbonyl (C=O) groups is 1. The second-order valence-electron chi connectivity index (χ2n) is 4.85. The Morgan fingerprint density at radius 2 is 1.95 bits per heavy atom. The molecule has 0 radical (unpaired) electrons. The largest absolute Gasteiger partial charge is 0.311 e. The summed E-state index contributed by atoms with van der Waals surface area (Å²) < 4.78 is 1.66. The third-order valence-corrected chi connectivity index (χ3v) is 4.57. The quantitative estimate of drug-likeness (QED) is 0.601. The molecule has 1 aliphatic rings. The van der Waals surface area contributed by atoms with Gasteiger partial charge in [0.05, 0.1) is 11.3 Å². The fourth-order valence-electron chi connectivity index (χ4n) is 2.57. The number of carbonyl (C=O) groups excluding carboxylic acids is 1. The Morgan fingerprint density at radius 3 is 2.71 bits per heavy atom. The minimum absolute atomic E-state index is 0.172. The molecule has 4 rings (SSSR count). The van der Waals surface area contributed by atoms with Crippen molar-refractivity contribution in [3.05, 3.63) is 50.5 Å². The number of hydrogen-bond donors (Lipinski definition) is 0. The summed E-state index contributed by atoms with van der Waals surface area (Å²) in [5.74, 6) is 0.375. The van der Waals surface area contributed by atoms with Gasteiger partial charge >= 0.3 is 0 Å². The van der Waals surface area contributed by atoms with Crippen LogP contribution in [0.25, 0.3) is 10.5 Å². The predicted molar refractivity (Wildman–Crippen MR) is 79.5 cm³/mol. The summed E-state index contributed by atoms with van der Waals surface area (Å²) in [6.45, 7) is 1.73. The smallest absolute Gasteiger partial charge is 0.291 e. The highest BCUT2D eigenvalue weighted by molar-refractivity contribution is 7.15. The van der Waals surface area contributed by atoms with Crippen molar-refractivity contribution in [3.63, 3.8) is 0 Å². The van der Waals surface area contributed by atoms with E-state index in [0.29, 0.717) is 20.9 Å². The molecule has 3 aromatic rings. The van der Waals surface area contributed by atoms with Crippen molar-refractivity contribution in [1.29, 1.82) is 0 Å². The van der Waals surface area contributed by atoms with Crippen molar-refractivity contribution in [2.45, 2.75) is 6.92 Å². The summed E-state index contributed by atoms with van der Waals surface area (Å²) in [7, 11) is 1.71. The van der Waals surface area contributed by atoms with Crippen LogP contribution < -0.4 is 15.0 Å². The van der Waals surface area contributed by atoms with Gasteiger partial charge < -0.3 is 4.90 Å². The van der Waals surface area contributed by atoms with Crippen LogP contribution in [-0.4, -0.2) is 27.6 Å². The SMILES string of the molecule is Cc1nc2sc(=C3C(=O)N(C)c4ccccc43)c(=O)n2n1. The topological polar surface area (TPSA) is 67.6 Å². The van der Waals surface area contributed by atoms with Gasteiger partial charge in [-0.2, -0.15) is 4.52 Å². The van der Waals surface area contributed by atoms with Crippen LogP contribution in [0.4, 0.5) is 5.69 Å². The van der Waals surface area contributed by atoms with Gasteiger partial charge in [-0.15, -0.1) is 5.10 Å². The van der Waals surface area contributed by atoms with E-state index in [1.807, 2.05) is 24.3 Å². The third kappa shape index (κ3) is 1.52. The molecular weight excluding hydrogens is 288 g/mol. The molecule has 2 aromatic heterocycles. The zero-order chi connectivity index (χ0) is 14.7. The number of fused-ring (bicyclic) bond motifs is 2. The molecule has 7 heteroatoms. The number of hydrogen-bond acceptors (Lipinski definition) is 5. The number of nitrogens with zero attached hydrogens (tertiary/aromatic N) is 4. The van der Waals surface area contributed by atoms with Gasteiger partial charge in [0.2, 0.25) is 4.96 Å². The lowest BCUT2D eigenvalue weighted by atomic mass is 10.1. The molecule has 104 valence electrons. The molecule has 0 N–H and O–H groups in total. The number of thiazole rings is 1. The van der Waals surface area contributed by atoms with Gasteiger partial charge in [-0.1, -0.05) is 29.5 Å². The number of anilines is 1. The van der Waals surface area contributed by atoms with Gasteiger partial charge in [0.25, 0.3) is 11.5 Å². The molecule has 1 aromatic carbocycles. The van der Waals surface area contributed by atoms with Crippen molar-refractivity contribution in [3.8, 4) is 0 Å². The van der Waals surface area contributed by atoms with Gasteiger partial charge in [0.1, 0.15) is 10.4 Å². The molecular formula is C14H10N4O2S. The number of amides is 1. The Bertz CT molecular complexity index is 1020. The highest BCUT2D eigenvalue weighted by Gasteiger charge is 2.31. The van der Waals surface area contributed by atoms with Gasteiger partial charge in [-0.3, -0.25) is 9.59 Å². The molecule has 21 heavy (non-hydrogen) atoms. The molecule has 0 fully saturated rings. The van der Waals surface area contributed by atoms with E-state index in [9.17, 15) is 9.59 Å². The average Bonchev–Trinajstić information content (AvgIpc) is 3.05.